The summed E-state index contributed by atoms with van der Waals surface area (Å²) in [4.78, 5) is 43.4. The molecule has 4 rings (SSSR count). The number of fused-ring (bicyclic) bond motifs is 1. The van der Waals surface area contributed by atoms with Crippen molar-refractivity contribution in [1.82, 2.24) is 4.90 Å². The van der Waals surface area contributed by atoms with Crippen LogP contribution in [-0.2, 0) is 9.59 Å². The van der Waals surface area contributed by atoms with Gasteiger partial charge in [-0.2, -0.15) is 0 Å². The smallest absolute Gasteiger partial charge is 0.265 e. The Morgan fingerprint density at radius 1 is 1.03 bits per heavy atom. The Balaban J connectivity index is 1.48. The Labute approximate surface area is 187 Å². The Hall–Kier alpha value is -3.39. The fourth-order valence-corrected chi connectivity index (χ4v) is 4.00. The average Bonchev–Trinajstić information content (AvgIpc) is 2.79. The van der Waals surface area contributed by atoms with Crippen LogP contribution in [-0.4, -0.2) is 68.4 Å². The third kappa shape index (κ3) is 4.45. The van der Waals surface area contributed by atoms with E-state index >= 15 is 0 Å². The third-order valence-corrected chi connectivity index (χ3v) is 6.01. The lowest BCUT2D eigenvalue weighted by molar-refractivity contribution is -0.125. The highest BCUT2D eigenvalue weighted by molar-refractivity contribution is 6.08. The molecule has 2 aromatic carbocycles. The lowest BCUT2D eigenvalue weighted by Gasteiger charge is -2.34. The van der Waals surface area contributed by atoms with Gasteiger partial charge in [-0.25, -0.2) is 0 Å². The number of anilines is 3. The van der Waals surface area contributed by atoms with E-state index in [0.717, 1.165) is 31.9 Å². The van der Waals surface area contributed by atoms with Crippen LogP contribution >= 0.6 is 0 Å². The zero-order chi connectivity index (χ0) is 22.8. The Bertz CT molecular complexity index is 1030. The number of benzene rings is 2. The van der Waals surface area contributed by atoms with Crippen molar-refractivity contribution in [2.24, 2.45) is 0 Å². The van der Waals surface area contributed by atoms with Gasteiger partial charge in [0, 0.05) is 43.1 Å². The molecule has 2 heterocycles. The topological polar surface area (TPSA) is 82.2 Å². The molecule has 0 bridgehead atoms. The molecule has 1 N–H and O–H groups in total. The summed E-state index contributed by atoms with van der Waals surface area (Å²) in [7, 11) is 2.12. The molecule has 2 aliphatic heterocycles. The molecule has 0 aromatic heterocycles. The first kappa shape index (κ1) is 21.8. The molecule has 2 aromatic rings. The Morgan fingerprint density at radius 2 is 1.72 bits per heavy atom. The number of ether oxygens (including phenoxy) is 1. The molecular formula is C24H28N4O4. The average molecular weight is 437 g/mol. The first-order valence-electron chi connectivity index (χ1n) is 10.8. The maximum absolute atomic E-state index is 13.0. The lowest BCUT2D eigenvalue weighted by atomic mass is 10.1. The molecule has 2 aliphatic rings. The van der Waals surface area contributed by atoms with E-state index < -0.39 is 6.04 Å². The third-order valence-electron chi connectivity index (χ3n) is 6.01. The number of nitrogens with zero attached hydrogens (tertiary/aromatic N) is 3. The molecule has 32 heavy (non-hydrogen) atoms. The van der Waals surface area contributed by atoms with E-state index in [4.69, 9.17) is 4.74 Å². The molecule has 1 fully saturated rings. The molecule has 168 valence electrons. The van der Waals surface area contributed by atoms with Crippen LogP contribution in [0, 0.1) is 0 Å². The van der Waals surface area contributed by atoms with E-state index in [1.807, 2.05) is 24.3 Å². The second-order valence-corrected chi connectivity index (χ2v) is 8.29. The molecule has 1 saturated heterocycles. The highest BCUT2D eigenvalue weighted by Crippen LogP contribution is 2.34. The van der Waals surface area contributed by atoms with E-state index in [2.05, 4.69) is 22.2 Å². The van der Waals surface area contributed by atoms with Crippen molar-refractivity contribution >= 4 is 34.7 Å². The highest BCUT2D eigenvalue weighted by Gasteiger charge is 2.33. The molecule has 0 saturated carbocycles. The van der Waals surface area contributed by atoms with Crippen LogP contribution in [0.4, 0.5) is 17.1 Å². The van der Waals surface area contributed by atoms with Crippen LogP contribution in [0.15, 0.2) is 42.5 Å². The van der Waals surface area contributed by atoms with Crippen molar-refractivity contribution in [2.45, 2.75) is 19.9 Å². The lowest BCUT2D eigenvalue weighted by Crippen LogP contribution is -2.49. The molecule has 2 amide bonds. The maximum atomic E-state index is 13.0. The summed E-state index contributed by atoms with van der Waals surface area (Å²) in [6.45, 7) is 6.97. The minimum absolute atomic E-state index is 0.122. The fraction of sp³-hybridized carbons (Fsp3) is 0.375. The number of rotatable bonds is 5. The van der Waals surface area contributed by atoms with Gasteiger partial charge in [-0.3, -0.25) is 19.3 Å². The zero-order valence-electron chi connectivity index (χ0n) is 18.6. The number of amides is 2. The maximum Gasteiger partial charge on any atom is 0.265 e. The molecule has 1 unspecified atom stereocenters. The van der Waals surface area contributed by atoms with Crippen molar-refractivity contribution in [1.29, 1.82) is 0 Å². The van der Waals surface area contributed by atoms with Gasteiger partial charge in [-0.1, -0.05) is 0 Å². The Morgan fingerprint density at radius 3 is 2.38 bits per heavy atom. The summed E-state index contributed by atoms with van der Waals surface area (Å²) >= 11 is 0. The minimum atomic E-state index is -0.773. The monoisotopic (exact) mass is 436 g/mol. The van der Waals surface area contributed by atoms with Crippen molar-refractivity contribution in [3.63, 3.8) is 0 Å². The van der Waals surface area contributed by atoms with Gasteiger partial charge in [0.2, 0.25) is 5.91 Å². The molecule has 8 nitrogen and oxygen atoms in total. The number of carbonyl (C=O) groups is 3. The highest BCUT2D eigenvalue weighted by atomic mass is 16.5. The van der Waals surface area contributed by atoms with Gasteiger partial charge in [0.25, 0.3) is 5.91 Å². The molecule has 0 aliphatic carbocycles. The van der Waals surface area contributed by atoms with Crippen LogP contribution in [0.1, 0.15) is 24.2 Å². The number of hydrogen-bond acceptors (Lipinski definition) is 6. The number of ketones is 1. The van der Waals surface area contributed by atoms with Crippen LogP contribution < -0.4 is 19.9 Å². The number of hydrogen-bond donors (Lipinski definition) is 1. The van der Waals surface area contributed by atoms with Crippen LogP contribution in [0.3, 0.4) is 0 Å². The van der Waals surface area contributed by atoms with Crippen molar-refractivity contribution < 1.29 is 19.1 Å². The number of likely N-dealkylation sites (N-methyl/N-ethyl adjacent to an activating group) is 1. The summed E-state index contributed by atoms with van der Waals surface area (Å²) in [6.07, 6.45) is 0. The van der Waals surface area contributed by atoms with E-state index in [1.54, 1.807) is 25.1 Å². The van der Waals surface area contributed by atoms with Crippen LogP contribution in [0.5, 0.6) is 5.75 Å². The number of nitrogens with one attached hydrogen (secondary N) is 1. The normalized spacial score (nSPS) is 17.4. The van der Waals surface area contributed by atoms with Crippen LogP contribution in [0.25, 0.3) is 0 Å². The van der Waals surface area contributed by atoms with Crippen molar-refractivity contribution in [2.75, 3.05) is 55.0 Å². The van der Waals surface area contributed by atoms with E-state index in [-0.39, 0.29) is 24.2 Å². The second-order valence-electron chi connectivity index (χ2n) is 8.29. The number of carbonyl (C=O) groups excluding carboxylic acids is 3. The first-order chi connectivity index (χ1) is 15.3. The van der Waals surface area contributed by atoms with E-state index in [1.165, 1.54) is 11.8 Å². The SMILES string of the molecule is CC(=O)c1ccc2c(c1)N(C(C)C(=O)Nc1ccc(N3CCN(C)CC3)cc1)C(=O)CO2. The zero-order valence-corrected chi connectivity index (χ0v) is 18.6. The summed E-state index contributed by atoms with van der Waals surface area (Å²) in [6, 6.07) is 11.9. The van der Waals surface area contributed by atoms with Gasteiger partial charge in [0.1, 0.15) is 11.8 Å². The van der Waals surface area contributed by atoms with Crippen molar-refractivity contribution in [3.8, 4) is 5.75 Å². The van der Waals surface area contributed by atoms with Crippen LogP contribution in [0.2, 0.25) is 0 Å². The molecule has 0 spiro atoms. The molecule has 0 radical (unpaired) electrons. The van der Waals surface area contributed by atoms with Gasteiger partial charge >= 0.3 is 0 Å². The van der Waals surface area contributed by atoms with E-state index in [0.29, 0.717) is 22.7 Å². The van der Waals surface area contributed by atoms with Gasteiger partial charge in [-0.15, -0.1) is 0 Å². The quantitative estimate of drug-likeness (QED) is 0.725. The molecule has 8 heteroatoms. The second kappa shape index (κ2) is 9.00. The standard InChI is InChI=1S/C24H28N4O4/c1-16(28-21-14-18(17(2)29)4-9-22(21)32-15-23(28)30)24(31)25-19-5-7-20(8-6-19)27-12-10-26(3)11-13-27/h4-9,14,16H,10-13,15H2,1-3H3,(H,25,31). The Kier molecular flexibility index (Phi) is 6.14. The fourth-order valence-electron chi connectivity index (χ4n) is 4.00. The largest absolute Gasteiger partial charge is 0.482 e. The minimum Gasteiger partial charge on any atom is -0.482 e. The van der Waals surface area contributed by atoms with Gasteiger partial charge in [0.15, 0.2) is 12.4 Å². The van der Waals surface area contributed by atoms with E-state index in [9.17, 15) is 14.4 Å². The first-order valence-corrected chi connectivity index (χ1v) is 10.8. The van der Waals surface area contributed by atoms with Crippen molar-refractivity contribution in [3.05, 3.63) is 48.0 Å². The number of piperazine rings is 1. The summed E-state index contributed by atoms with van der Waals surface area (Å²) in [5.41, 5.74) is 2.68. The predicted octanol–water partition coefficient (Wildman–Crippen LogP) is 2.39. The van der Waals surface area contributed by atoms with Gasteiger partial charge < -0.3 is 19.9 Å². The van der Waals surface area contributed by atoms with Gasteiger partial charge in [-0.05, 0) is 63.4 Å². The van der Waals surface area contributed by atoms with Gasteiger partial charge in [0.05, 0.1) is 5.69 Å². The summed E-state index contributed by atoms with van der Waals surface area (Å²) < 4.78 is 5.48. The molecule has 1 atom stereocenters. The predicted molar refractivity (Wildman–Crippen MR) is 124 cm³/mol. The summed E-state index contributed by atoms with van der Waals surface area (Å²) in [5.74, 6) is -0.285. The number of Topliss-reactive ketones (excluding diaryl/α,β-unsaturated/α-hetero) is 1. The molecular weight excluding hydrogens is 408 g/mol. The summed E-state index contributed by atoms with van der Waals surface area (Å²) in [5, 5.41) is 2.90.